The first-order chi connectivity index (χ1) is 12.5. The number of ether oxygens (including phenoxy) is 1. The molecule has 3 rings (SSSR count). The molecule has 0 radical (unpaired) electrons. The Hall–Kier alpha value is -3.28. The summed E-state index contributed by atoms with van der Waals surface area (Å²) < 4.78 is 43.3. The van der Waals surface area contributed by atoms with Crippen LogP contribution in [-0.4, -0.2) is 6.21 Å². The molecule has 0 aliphatic carbocycles. The summed E-state index contributed by atoms with van der Waals surface area (Å²) in [7, 11) is 0. The highest BCUT2D eigenvalue weighted by Gasteiger charge is 2.29. The SMILES string of the molecule is FC(F)(F)c1ccc(N/N=C/c2cccc(Oc3ccccc3)c2)cc1. The predicted molar refractivity (Wildman–Crippen MR) is 95.6 cm³/mol. The Morgan fingerprint density at radius 1 is 0.808 bits per heavy atom. The molecule has 1 N–H and O–H groups in total. The predicted octanol–water partition coefficient (Wildman–Crippen LogP) is 5.94. The largest absolute Gasteiger partial charge is 0.457 e. The van der Waals surface area contributed by atoms with E-state index < -0.39 is 11.7 Å². The van der Waals surface area contributed by atoms with E-state index in [1.165, 1.54) is 12.1 Å². The van der Waals surface area contributed by atoms with Crippen LogP contribution in [0.25, 0.3) is 0 Å². The minimum absolute atomic E-state index is 0.464. The average Bonchev–Trinajstić information content (AvgIpc) is 2.63. The zero-order valence-corrected chi connectivity index (χ0v) is 13.6. The van der Waals surface area contributed by atoms with Crippen molar-refractivity contribution in [2.24, 2.45) is 5.10 Å². The van der Waals surface area contributed by atoms with Crippen molar-refractivity contribution in [2.75, 3.05) is 5.43 Å². The standard InChI is InChI=1S/C20H15F3N2O/c21-20(22,23)16-9-11-17(12-10-16)25-24-14-15-5-4-8-19(13-15)26-18-6-2-1-3-7-18/h1-14,25H/b24-14+. The van der Waals surface area contributed by atoms with Gasteiger partial charge in [-0.2, -0.15) is 18.3 Å². The van der Waals surface area contributed by atoms with Crippen LogP contribution in [0.1, 0.15) is 11.1 Å². The van der Waals surface area contributed by atoms with Gasteiger partial charge >= 0.3 is 6.18 Å². The molecule has 0 saturated heterocycles. The van der Waals surface area contributed by atoms with Gasteiger partial charge in [0.1, 0.15) is 11.5 Å². The number of hydrazone groups is 1. The Balaban J connectivity index is 1.63. The minimum Gasteiger partial charge on any atom is -0.457 e. The Labute approximate surface area is 148 Å². The van der Waals surface area contributed by atoms with Crippen molar-refractivity contribution in [1.29, 1.82) is 0 Å². The summed E-state index contributed by atoms with van der Waals surface area (Å²) in [6.07, 6.45) is -2.78. The molecule has 0 aliphatic heterocycles. The van der Waals surface area contributed by atoms with Crippen molar-refractivity contribution in [3.05, 3.63) is 90.0 Å². The van der Waals surface area contributed by atoms with Gasteiger partial charge in [-0.3, -0.25) is 5.43 Å². The van der Waals surface area contributed by atoms with Gasteiger partial charge in [-0.15, -0.1) is 0 Å². The smallest absolute Gasteiger partial charge is 0.416 e. The summed E-state index contributed by atoms with van der Waals surface area (Å²) in [6, 6.07) is 21.4. The van der Waals surface area contributed by atoms with E-state index in [4.69, 9.17) is 4.74 Å². The van der Waals surface area contributed by atoms with E-state index in [0.29, 0.717) is 11.4 Å². The number of halogens is 3. The zero-order valence-electron chi connectivity index (χ0n) is 13.6. The van der Waals surface area contributed by atoms with Crippen molar-refractivity contribution in [3.63, 3.8) is 0 Å². The van der Waals surface area contributed by atoms with Gasteiger partial charge in [-0.05, 0) is 54.1 Å². The van der Waals surface area contributed by atoms with Crippen LogP contribution in [-0.2, 0) is 6.18 Å². The third kappa shape index (κ3) is 4.86. The van der Waals surface area contributed by atoms with E-state index in [-0.39, 0.29) is 0 Å². The summed E-state index contributed by atoms with van der Waals surface area (Å²) in [5.74, 6) is 1.39. The maximum Gasteiger partial charge on any atom is 0.416 e. The number of anilines is 1. The first-order valence-corrected chi connectivity index (χ1v) is 7.80. The molecule has 0 aromatic heterocycles. The lowest BCUT2D eigenvalue weighted by molar-refractivity contribution is -0.137. The van der Waals surface area contributed by atoms with Crippen molar-refractivity contribution < 1.29 is 17.9 Å². The van der Waals surface area contributed by atoms with E-state index >= 15 is 0 Å². The van der Waals surface area contributed by atoms with Crippen LogP contribution < -0.4 is 10.2 Å². The van der Waals surface area contributed by atoms with E-state index in [2.05, 4.69) is 10.5 Å². The maximum absolute atomic E-state index is 12.5. The van der Waals surface area contributed by atoms with Gasteiger partial charge in [0, 0.05) is 0 Å². The van der Waals surface area contributed by atoms with Gasteiger partial charge in [0.15, 0.2) is 0 Å². The fraction of sp³-hybridized carbons (Fsp3) is 0.0500. The first kappa shape index (κ1) is 17.5. The summed E-state index contributed by atoms with van der Waals surface area (Å²) in [5.41, 5.74) is 3.26. The highest BCUT2D eigenvalue weighted by molar-refractivity contribution is 5.80. The molecular weight excluding hydrogens is 341 g/mol. The van der Waals surface area contributed by atoms with Crippen molar-refractivity contribution in [1.82, 2.24) is 0 Å². The van der Waals surface area contributed by atoms with E-state index in [1.807, 2.05) is 54.6 Å². The van der Waals surface area contributed by atoms with Crippen molar-refractivity contribution >= 4 is 11.9 Å². The molecule has 0 atom stereocenters. The molecule has 0 fully saturated rings. The van der Waals surface area contributed by atoms with Crippen molar-refractivity contribution in [3.8, 4) is 11.5 Å². The van der Waals surface area contributed by atoms with Crippen molar-refractivity contribution in [2.45, 2.75) is 6.18 Å². The lowest BCUT2D eigenvalue weighted by Gasteiger charge is -2.07. The fourth-order valence-electron chi connectivity index (χ4n) is 2.20. The lowest BCUT2D eigenvalue weighted by atomic mass is 10.2. The van der Waals surface area contributed by atoms with Gasteiger partial charge < -0.3 is 4.74 Å². The maximum atomic E-state index is 12.5. The highest BCUT2D eigenvalue weighted by atomic mass is 19.4. The van der Waals surface area contributed by atoms with Crippen LogP contribution in [0, 0.1) is 0 Å². The van der Waals surface area contributed by atoms with Gasteiger partial charge in [0.05, 0.1) is 17.5 Å². The monoisotopic (exact) mass is 356 g/mol. The van der Waals surface area contributed by atoms with Crippen LogP contribution in [0.5, 0.6) is 11.5 Å². The van der Waals surface area contributed by atoms with E-state index in [1.54, 1.807) is 6.21 Å². The second-order valence-corrected chi connectivity index (χ2v) is 5.43. The van der Waals surface area contributed by atoms with Crippen LogP contribution in [0.3, 0.4) is 0 Å². The minimum atomic E-state index is -4.35. The molecule has 0 aliphatic rings. The second kappa shape index (κ2) is 7.74. The number of hydrogen-bond acceptors (Lipinski definition) is 3. The number of hydrogen-bond donors (Lipinski definition) is 1. The van der Waals surface area contributed by atoms with Gasteiger partial charge in [0.2, 0.25) is 0 Å². The van der Waals surface area contributed by atoms with Gasteiger partial charge in [-0.1, -0.05) is 30.3 Å². The molecule has 0 spiro atoms. The molecule has 0 saturated carbocycles. The van der Waals surface area contributed by atoms with Crippen LogP contribution >= 0.6 is 0 Å². The number of nitrogens with zero attached hydrogens (tertiary/aromatic N) is 1. The summed E-state index contributed by atoms with van der Waals surface area (Å²) >= 11 is 0. The van der Waals surface area contributed by atoms with Crippen LogP contribution in [0.2, 0.25) is 0 Å². The number of nitrogens with one attached hydrogen (secondary N) is 1. The summed E-state index contributed by atoms with van der Waals surface area (Å²) in [6.45, 7) is 0. The lowest BCUT2D eigenvalue weighted by Crippen LogP contribution is -2.04. The van der Waals surface area contributed by atoms with E-state index in [0.717, 1.165) is 23.4 Å². The Morgan fingerprint density at radius 3 is 2.19 bits per heavy atom. The molecule has 0 bridgehead atoms. The van der Waals surface area contributed by atoms with Gasteiger partial charge in [0.25, 0.3) is 0 Å². The molecule has 26 heavy (non-hydrogen) atoms. The topological polar surface area (TPSA) is 33.6 Å². The van der Waals surface area contributed by atoms with Gasteiger partial charge in [-0.25, -0.2) is 0 Å². The van der Waals surface area contributed by atoms with Crippen LogP contribution in [0.4, 0.5) is 18.9 Å². The number of rotatable bonds is 5. The first-order valence-electron chi connectivity index (χ1n) is 7.80. The average molecular weight is 356 g/mol. The molecule has 3 aromatic carbocycles. The molecule has 132 valence electrons. The Kier molecular flexibility index (Phi) is 5.22. The third-order valence-corrected chi connectivity index (χ3v) is 3.46. The van der Waals surface area contributed by atoms with Crippen LogP contribution in [0.15, 0.2) is 84.0 Å². The normalized spacial score (nSPS) is 11.5. The highest BCUT2D eigenvalue weighted by Crippen LogP contribution is 2.29. The summed E-state index contributed by atoms with van der Waals surface area (Å²) in [5, 5.41) is 4.04. The Bertz CT molecular complexity index is 876. The zero-order chi connectivity index (χ0) is 18.4. The number of benzene rings is 3. The molecule has 3 aromatic rings. The number of alkyl halides is 3. The molecule has 0 heterocycles. The second-order valence-electron chi connectivity index (χ2n) is 5.43. The summed E-state index contributed by atoms with van der Waals surface area (Å²) in [4.78, 5) is 0. The molecular formula is C20H15F3N2O. The fourth-order valence-corrected chi connectivity index (χ4v) is 2.20. The molecule has 6 heteroatoms. The molecule has 3 nitrogen and oxygen atoms in total. The third-order valence-electron chi connectivity index (χ3n) is 3.46. The quantitative estimate of drug-likeness (QED) is 0.453. The van der Waals surface area contributed by atoms with E-state index in [9.17, 15) is 13.2 Å². The molecule has 0 amide bonds. The Morgan fingerprint density at radius 2 is 1.50 bits per heavy atom. The molecule has 0 unspecified atom stereocenters. The number of para-hydroxylation sites is 1.